The summed E-state index contributed by atoms with van der Waals surface area (Å²) in [4.78, 5) is 60.6. The second kappa shape index (κ2) is 9.21. The van der Waals surface area contributed by atoms with Gasteiger partial charge in [0.15, 0.2) is 12.4 Å². The summed E-state index contributed by atoms with van der Waals surface area (Å²) >= 11 is 0. The van der Waals surface area contributed by atoms with Crippen molar-refractivity contribution in [2.24, 2.45) is 14.1 Å². The lowest BCUT2D eigenvalue weighted by molar-refractivity contribution is -0.142. The monoisotopic (exact) mass is 417 g/mol. The second-order valence-corrected chi connectivity index (χ2v) is 6.68. The summed E-state index contributed by atoms with van der Waals surface area (Å²) in [6, 6.07) is 5.12. The normalized spacial score (nSPS) is 10.5. The first-order chi connectivity index (χ1) is 14.1. The summed E-state index contributed by atoms with van der Waals surface area (Å²) in [5, 5.41) is 0. The van der Waals surface area contributed by atoms with Gasteiger partial charge in [0.2, 0.25) is 5.78 Å². The number of anilines is 1. The fraction of sp³-hybridized carbons (Fsp3) is 0.350. The molecule has 1 aromatic carbocycles. The molecule has 30 heavy (non-hydrogen) atoms. The lowest BCUT2D eigenvalue weighted by Crippen LogP contribution is -2.42. The van der Waals surface area contributed by atoms with Crippen molar-refractivity contribution in [3.63, 3.8) is 0 Å². The largest absolute Gasteiger partial charge is 0.496 e. The number of aryl methyl sites for hydroxylation is 1. The van der Waals surface area contributed by atoms with Gasteiger partial charge in [-0.2, -0.15) is 0 Å². The van der Waals surface area contributed by atoms with Gasteiger partial charge in [0.1, 0.15) is 17.1 Å². The fourth-order valence-electron chi connectivity index (χ4n) is 2.80. The van der Waals surface area contributed by atoms with Crippen molar-refractivity contribution in [2.75, 3.05) is 19.5 Å². The van der Waals surface area contributed by atoms with Crippen molar-refractivity contribution in [3.8, 4) is 5.75 Å². The van der Waals surface area contributed by atoms with Crippen LogP contribution in [0.3, 0.4) is 0 Å². The topological polar surface area (TPSA) is 140 Å². The third-order valence-corrected chi connectivity index (χ3v) is 4.56. The first-order valence-electron chi connectivity index (χ1n) is 9.00. The minimum Gasteiger partial charge on any atom is -0.496 e. The van der Waals surface area contributed by atoms with E-state index in [0.717, 1.165) is 14.7 Å². The molecule has 0 bridgehead atoms. The Labute approximate surface area is 171 Å². The Balaban J connectivity index is 2.02. The van der Waals surface area contributed by atoms with E-state index in [4.69, 9.17) is 15.2 Å². The lowest BCUT2D eigenvalue weighted by atomic mass is 10.0. The number of nitrogen functional groups attached to an aromatic ring is 1. The number of hydrogen-bond acceptors (Lipinski definition) is 8. The maximum atomic E-state index is 12.4. The van der Waals surface area contributed by atoms with Crippen molar-refractivity contribution in [1.82, 2.24) is 9.13 Å². The van der Waals surface area contributed by atoms with Crippen LogP contribution in [-0.2, 0) is 23.6 Å². The molecule has 0 amide bonds. The molecule has 0 unspecified atom stereocenters. The third-order valence-electron chi connectivity index (χ3n) is 4.56. The van der Waals surface area contributed by atoms with Gasteiger partial charge >= 0.3 is 11.7 Å². The second-order valence-electron chi connectivity index (χ2n) is 6.68. The van der Waals surface area contributed by atoms with Crippen LogP contribution in [0.4, 0.5) is 5.82 Å². The van der Waals surface area contributed by atoms with E-state index in [1.54, 1.807) is 18.2 Å². The molecule has 0 spiro atoms. The molecule has 1 heterocycles. The van der Waals surface area contributed by atoms with Gasteiger partial charge in [0.05, 0.1) is 19.1 Å². The fourth-order valence-corrected chi connectivity index (χ4v) is 2.80. The highest BCUT2D eigenvalue weighted by Gasteiger charge is 2.22. The summed E-state index contributed by atoms with van der Waals surface area (Å²) in [6.07, 6.45) is -0.402. The zero-order valence-corrected chi connectivity index (χ0v) is 17.2. The molecule has 10 heteroatoms. The van der Waals surface area contributed by atoms with E-state index in [9.17, 15) is 24.0 Å². The van der Waals surface area contributed by atoms with Crippen molar-refractivity contribution in [1.29, 1.82) is 0 Å². The molecule has 0 aliphatic heterocycles. The molecule has 160 valence electrons. The summed E-state index contributed by atoms with van der Waals surface area (Å²) in [7, 11) is 3.96. The van der Waals surface area contributed by atoms with Gasteiger partial charge in [-0.3, -0.25) is 28.3 Å². The molecule has 2 rings (SSSR count). The number of esters is 1. The van der Waals surface area contributed by atoms with E-state index < -0.39 is 35.2 Å². The SMILES string of the molecule is COc1ccc(C)cc1C(=O)CCC(=O)OCC(=O)c1c(N)n(C)c(=O)n(C)c1=O. The van der Waals surface area contributed by atoms with Gasteiger partial charge in [-0.05, 0) is 19.1 Å². The molecule has 2 N–H and O–H groups in total. The van der Waals surface area contributed by atoms with Gasteiger partial charge < -0.3 is 15.2 Å². The number of nitrogens with zero attached hydrogens (tertiary/aromatic N) is 2. The van der Waals surface area contributed by atoms with Crippen LogP contribution in [0, 0.1) is 6.92 Å². The number of hydrogen-bond donors (Lipinski definition) is 1. The zero-order valence-electron chi connectivity index (χ0n) is 17.2. The number of rotatable bonds is 8. The number of ether oxygens (including phenoxy) is 2. The van der Waals surface area contributed by atoms with Crippen LogP contribution < -0.4 is 21.7 Å². The van der Waals surface area contributed by atoms with Crippen molar-refractivity contribution in [3.05, 3.63) is 55.7 Å². The van der Waals surface area contributed by atoms with E-state index in [0.29, 0.717) is 11.3 Å². The number of Topliss-reactive ketones (excluding diaryl/α,β-unsaturated/α-hetero) is 2. The third kappa shape index (κ3) is 4.65. The molecule has 1 aromatic heterocycles. The minimum atomic E-state index is -0.877. The van der Waals surface area contributed by atoms with Crippen LogP contribution in [-0.4, -0.2) is 40.4 Å². The molecule has 0 aliphatic carbocycles. The Morgan fingerprint density at radius 2 is 1.70 bits per heavy atom. The van der Waals surface area contributed by atoms with E-state index in [1.165, 1.54) is 21.2 Å². The van der Waals surface area contributed by atoms with Crippen LogP contribution in [0.15, 0.2) is 27.8 Å². The van der Waals surface area contributed by atoms with Gasteiger partial charge in [-0.15, -0.1) is 0 Å². The number of nitrogens with two attached hydrogens (primary N) is 1. The number of benzene rings is 1. The molecule has 0 saturated heterocycles. The highest BCUT2D eigenvalue weighted by atomic mass is 16.5. The van der Waals surface area contributed by atoms with Crippen LogP contribution in [0.25, 0.3) is 0 Å². The number of aromatic nitrogens is 2. The van der Waals surface area contributed by atoms with Gasteiger partial charge in [0.25, 0.3) is 5.56 Å². The predicted octanol–water partition coefficient (Wildman–Crippen LogP) is 0.372. The molecule has 0 fully saturated rings. The first-order valence-corrected chi connectivity index (χ1v) is 9.00. The van der Waals surface area contributed by atoms with Crippen LogP contribution >= 0.6 is 0 Å². The maximum absolute atomic E-state index is 12.4. The maximum Gasteiger partial charge on any atom is 0.332 e. The molecule has 2 aromatic rings. The summed E-state index contributed by atoms with van der Waals surface area (Å²) in [6.45, 7) is 1.09. The summed E-state index contributed by atoms with van der Waals surface area (Å²) in [5.41, 5.74) is 4.91. The van der Waals surface area contributed by atoms with Crippen molar-refractivity contribution >= 4 is 23.4 Å². The van der Waals surface area contributed by atoms with Crippen LogP contribution in [0.1, 0.15) is 39.1 Å². The molecule has 0 aliphatic rings. The smallest absolute Gasteiger partial charge is 0.332 e. The van der Waals surface area contributed by atoms with E-state index in [-0.39, 0.29) is 24.4 Å². The Morgan fingerprint density at radius 3 is 2.33 bits per heavy atom. The highest BCUT2D eigenvalue weighted by Crippen LogP contribution is 2.21. The standard InChI is InChI=1S/C20H23N3O7/c1-11-5-7-15(29-4)12(9-11)13(24)6-8-16(26)30-10-14(25)17-18(21)22(2)20(28)23(3)19(17)27/h5,7,9H,6,8,10,21H2,1-4H3. The van der Waals surface area contributed by atoms with Gasteiger partial charge in [0, 0.05) is 20.5 Å². The Morgan fingerprint density at radius 1 is 1.03 bits per heavy atom. The molecule has 10 nitrogen and oxygen atoms in total. The summed E-state index contributed by atoms with van der Waals surface area (Å²) in [5.74, 6) is -1.86. The highest BCUT2D eigenvalue weighted by molar-refractivity contribution is 6.02. The summed E-state index contributed by atoms with van der Waals surface area (Å²) < 4.78 is 11.7. The number of carbonyl (C=O) groups excluding carboxylic acids is 3. The molecular formula is C20H23N3O7. The predicted molar refractivity (Wildman–Crippen MR) is 108 cm³/mol. The lowest BCUT2D eigenvalue weighted by Gasteiger charge is -2.11. The average Bonchev–Trinajstić information content (AvgIpc) is 2.73. The van der Waals surface area contributed by atoms with Crippen molar-refractivity contribution in [2.45, 2.75) is 19.8 Å². The molecule has 0 saturated carbocycles. The Hall–Kier alpha value is -3.69. The Bertz CT molecular complexity index is 1130. The minimum absolute atomic E-state index is 0.142. The molecular weight excluding hydrogens is 394 g/mol. The molecule has 0 atom stereocenters. The van der Waals surface area contributed by atoms with E-state index in [2.05, 4.69) is 0 Å². The van der Waals surface area contributed by atoms with E-state index in [1.807, 2.05) is 6.92 Å². The van der Waals surface area contributed by atoms with Crippen LogP contribution in [0.5, 0.6) is 5.75 Å². The quantitative estimate of drug-likeness (QED) is 0.480. The van der Waals surface area contributed by atoms with Gasteiger partial charge in [-0.25, -0.2) is 4.79 Å². The van der Waals surface area contributed by atoms with E-state index >= 15 is 0 Å². The average molecular weight is 417 g/mol. The van der Waals surface area contributed by atoms with Gasteiger partial charge in [-0.1, -0.05) is 11.6 Å². The van der Waals surface area contributed by atoms with Crippen LogP contribution in [0.2, 0.25) is 0 Å². The van der Waals surface area contributed by atoms with Crippen molar-refractivity contribution < 1.29 is 23.9 Å². The number of methoxy groups -OCH3 is 1. The Kier molecular flexibility index (Phi) is 6.93. The zero-order chi connectivity index (χ0) is 22.6. The number of carbonyl (C=O) groups is 3. The number of ketones is 2. The molecule has 0 radical (unpaired) electrons. The first kappa shape index (κ1) is 22.6.